The van der Waals surface area contributed by atoms with Gasteiger partial charge in [0.15, 0.2) is 0 Å². The number of rotatable bonds is 2. The lowest BCUT2D eigenvalue weighted by Gasteiger charge is -1.85. The van der Waals surface area contributed by atoms with Crippen molar-refractivity contribution in [3.05, 3.63) is 16.1 Å². The Balaban J connectivity index is 0.000001000. The van der Waals surface area contributed by atoms with Crippen LogP contribution < -0.4 is 5.73 Å². The first kappa shape index (κ1) is 7.21. The lowest BCUT2D eigenvalue weighted by atomic mass is 10.4. The number of hydrogen-bond donors (Lipinski definition) is 1. The van der Waals surface area contributed by atoms with Gasteiger partial charge in [-0.15, -0.1) is 11.3 Å². The van der Waals surface area contributed by atoms with Crippen LogP contribution in [0.1, 0.15) is 11.3 Å². The highest BCUT2D eigenvalue weighted by atomic mass is 32.1. The lowest BCUT2D eigenvalue weighted by Crippen LogP contribution is -2.12. The smallest absolute Gasteiger partial charge is 0.222 e. The van der Waals surface area contributed by atoms with E-state index in [2.05, 4.69) is 4.98 Å². The molecule has 1 heterocycles. The van der Waals surface area contributed by atoms with E-state index in [1.54, 1.807) is 6.20 Å². The Hall–Kier alpha value is -0.900. The maximum atomic E-state index is 10.4. The highest BCUT2D eigenvalue weighted by Gasteiger charge is 2.00. The zero-order valence-corrected chi connectivity index (χ0v) is 6.44. The molecule has 0 saturated heterocycles. The van der Waals surface area contributed by atoms with Crippen molar-refractivity contribution in [3.63, 3.8) is 0 Å². The van der Waals surface area contributed by atoms with E-state index in [1.807, 2.05) is 6.92 Å². The summed E-state index contributed by atoms with van der Waals surface area (Å²) < 4.78 is 0. The van der Waals surface area contributed by atoms with Crippen LogP contribution in [0.4, 0.5) is 0 Å². The van der Waals surface area contributed by atoms with Crippen molar-refractivity contribution in [1.82, 2.24) is 4.98 Å². The molecule has 1 aromatic rings. The third kappa shape index (κ3) is 1.80. The van der Waals surface area contributed by atoms with Gasteiger partial charge in [-0.2, -0.15) is 0 Å². The van der Waals surface area contributed by atoms with Crippen LogP contribution in [-0.4, -0.2) is 10.9 Å². The summed E-state index contributed by atoms with van der Waals surface area (Å²) in [6.07, 6.45) is 2.00. The molecule has 0 saturated carbocycles. The molecule has 1 aromatic heterocycles. The van der Waals surface area contributed by atoms with E-state index >= 15 is 0 Å². The van der Waals surface area contributed by atoms with E-state index in [-0.39, 0.29) is 7.33 Å². The Bertz CT molecular complexity index is 248. The molecule has 0 spiro atoms. The molecule has 3 nitrogen and oxygen atoms in total. The minimum Gasteiger partial charge on any atom is -0.369 e. The number of primary amides is 1. The molecule has 10 heavy (non-hydrogen) atoms. The maximum Gasteiger partial charge on any atom is 0.222 e. The van der Waals surface area contributed by atoms with Crippen LogP contribution in [0.2, 0.25) is 0 Å². The second-order valence-corrected chi connectivity index (χ2v) is 3.31. The molecule has 0 unspecified atom stereocenters. The van der Waals surface area contributed by atoms with E-state index < -0.39 is 0 Å². The number of carbonyl (C=O) groups is 1. The number of carbonyl (C=O) groups excluding carboxylic acids is 1. The maximum absolute atomic E-state index is 10.4. The standard InChI is InChI=1S/C6H8N2OS.H2/c1-4-8-3-5(10-4)2-6(7)9;/h3H,2H2,1H3,(H2,7,9);1H. The molecule has 1 amide bonds. The summed E-state index contributed by atoms with van der Waals surface area (Å²) in [6, 6.07) is 0. The second-order valence-electron chi connectivity index (χ2n) is 1.99. The van der Waals surface area contributed by atoms with Crippen LogP contribution in [0.25, 0.3) is 0 Å². The summed E-state index contributed by atoms with van der Waals surface area (Å²) in [5, 5.41) is 0.969. The topological polar surface area (TPSA) is 56.0 Å². The lowest BCUT2D eigenvalue weighted by molar-refractivity contribution is -0.117. The van der Waals surface area contributed by atoms with Gasteiger partial charge >= 0.3 is 0 Å². The van der Waals surface area contributed by atoms with Crippen molar-refractivity contribution in [2.24, 2.45) is 5.73 Å². The molecule has 0 radical (unpaired) electrons. The average molecular weight is 158 g/mol. The van der Waals surface area contributed by atoms with E-state index in [4.69, 9.17) is 5.73 Å². The molecule has 2 N–H and O–H groups in total. The third-order valence-corrected chi connectivity index (χ3v) is 1.93. The first-order chi connectivity index (χ1) is 4.68. The van der Waals surface area contributed by atoms with Gasteiger partial charge in [0.05, 0.1) is 11.4 Å². The number of thiazole rings is 1. The predicted molar refractivity (Wildman–Crippen MR) is 41.9 cm³/mol. The molecule has 4 heteroatoms. The normalized spacial score (nSPS) is 9.70. The predicted octanol–water partition coefficient (Wildman–Crippen LogP) is 0.725. The van der Waals surface area contributed by atoms with Gasteiger partial charge < -0.3 is 5.73 Å². The Morgan fingerprint density at radius 3 is 3.10 bits per heavy atom. The van der Waals surface area contributed by atoms with Gasteiger partial charge in [-0.3, -0.25) is 4.79 Å². The van der Waals surface area contributed by atoms with Gasteiger partial charge in [0.1, 0.15) is 0 Å². The van der Waals surface area contributed by atoms with Crippen LogP contribution in [0.3, 0.4) is 0 Å². The van der Waals surface area contributed by atoms with Gasteiger partial charge in [-0.1, -0.05) is 0 Å². The molecule has 0 aromatic carbocycles. The minimum absolute atomic E-state index is 0. The van der Waals surface area contributed by atoms with Crippen molar-refractivity contribution in [2.75, 3.05) is 0 Å². The molecule has 0 aliphatic carbocycles. The largest absolute Gasteiger partial charge is 0.369 e. The average Bonchev–Trinajstić information content (AvgIpc) is 2.13. The van der Waals surface area contributed by atoms with Crippen LogP contribution in [0, 0.1) is 6.92 Å². The van der Waals surface area contributed by atoms with Gasteiger partial charge in [0.2, 0.25) is 5.91 Å². The van der Waals surface area contributed by atoms with Gasteiger partial charge in [0, 0.05) is 12.5 Å². The van der Waals surface area contributed by atoms with Gasteiger partial charge in [-0.05, 0) is 6.92 Å². The second kappa shape index (κ2) is 2.79. The Morgan fingerprint density at radius 1 is 2.00 bits per heavy atom. The summed E-state index contributed by atoms with van der Waals surface area (Å²) in [4.78, 5) is 15.3. The number of amides is 1. The Kier molecular flexibility index (Phi) is 2.01. The molecule has 0 aliphatic heterocycles. The Morgan fingerprint density at radius 2 is 2.70 bits per heavy atom. The third-order valence-electron chi connectivity index (χ3n) is 1.02. The highest BCUT2D eigenvalue weighted by molar-refractivity contribution is 7.11. The van der Waals surface area contributed by atoms with E-state index in [0.29, 0.717) is 6.42 Å². The molecule has 0 fully saturated rings. The Labute approximate surface area is 64.4 Å². The summed E-state index contributed by atoms with van der Waals surface area (Å²) in [5.41, 5.74) is 4.97. The SMILES string of the molecule is Cc1ncc(CC(N)=O)s1.[HH]. The zero-order valence-electron chi connectivity index (χ0n) is 5.63. The number of aryl methyl sites for hydroxylation is 1. The molecule has 0 atom stereocenters. The summed E-state index contributed by atoms with van der Waals surface area (Å²) >= 11 is 1.50. The molecular weight excluding hydrogens is 148 g/mol. The van der Waals surface area contributed by atoms with Gasteiger partial charge in [-0.25, -0.2) is 4.98 Å². The van der Waals surface area contributed by atoms with E-state index in [0.717, 1.165) is 9.88 Å². The van der Waals surface area contributed by atoms with Crippen LogP contribution >= 0.6 is 11.3 Å². The van der Waals surface area contributed by atoms with Crippen molar-refractivity contribution in [2.45, 2.75) is 13.3 Å². The van der Waals surface area contributed by atoms with Gasteiger partial charge in [0.25, 0.3) is 0 Å². The number of hydrogen-bond acceptors (Lipinski definition) is 3. The molecule has 1 rings (SSSR count). The van der Waals surface area contributed by atoms with Crippen molar-refractivity contribution in [1.29, 1.82) is 0 Å². The van der Waals surface area contributed by atoms with Crippen molar-refractivity contribution in [3.8, 4) is 0 Å². The molecular formula is C6H10N2OS. The summed E-state index contributed by atoms with van der Waals surface area (Å²) in [5.74, 6) is -0.302. The van der Waals surface area contributed by atoms with E-state index in [1.165, 1.54) is 11.3 Å². The van der Waals surface area contributed by atoms with Crippen molar-refractivity contribution >= 4 is 17.2 Å². The number of nitrogens with two attached hydrogens (primary N) is 1. The fourth-order valence-electron chi connectivity index (χ4n) is 0.659. The van der Waals surface area contributed by atoms with E-state index in [9.17, 15) is 4.79 Å². The summed E-state index contributed by atoms with van der Waals surface area (Å²) in [7, 11) is 0. The van der Waals surface area contributed by atoms with Crippen molar-refractivity contribution < 1.29 is 6.22 Å². The number of aromatic nitrogens is 1. The zero-order chi connectivity index (χ0) is 7.56. The molecule has 0 aliphatic rings. The fourth-order valence-corrected chi connectivity index (χ4v) is 1.46. The van der Waals surface area contributed by atoms with Crippen LogP contribution in [0.5, 0.6) is 0 Å². The van der Waals surface area contributed by atoms with Crippen LogP contribution in [0.15, 0.2) is 6.20 Å². The highest BCUT2D eigenvalue weighted by Crippen LogP contribution is 2.11. The summed E-state index contributed by atoms with van der Waals surface area (Å²) in [6.45, 7) is 1.90. The number of nitrogens with zero attached hydrogens (tertiary/aromatic N) is 1. The first-order valence-electron chi connectivity index (χ1n) is 2.88. The fraction of sp³-hybridized carbons (Fsp3) is 0.333. The minimum atomic E-state index is -0.302. The molecule has 56 valence electrons. The quantitative estimate of drug-likeness (QED) is 0.689. The first-order valence-corrected chi connectivity index (χ1v) is 3.70. The molecule has 0 bridgehead atoms. The monoisotopic (exact) mass is 158 g/mol. The van der Waals surface area contributed by atoms with Crippen LogP contribution in [-0.2, 0) is 11.2 Å².